The number of carbonyl (C=O) groups is 1. The van der Waals surface area contributed by atoms with Gasteiger partial charge in [0, 0.05) is 24.9 Å². The van der Waals surface area contributed by atoms with Gasteiger partial charge in [0.05, 0.1) is 23.1 Å². The van der Waals surface area contributed by atoms with Crippen LogP contribution in [-0.4, -0.2) is 60.9 Å². The molecule has 27 heavy (non-hydrogen) atoms. The van der Waals surface area contributed by atoms with Crippen LogP contribution in [-0.2, 0) is 18.9 Å². The third-order valence-electron chi connectivity index (χ3n) is 5.04. The molecule has 2 saturated heterocycles. The molecule has 1 amide bonds. The molecular weight excluding hydrogens is 358 g/mol. The van der Waals surface area contributed by atoms with Crippen LogP contribution < -0.4 is 10.6 Å². The number of ether oxygens (including phenoxy) is 4. The Kier molecular flexibility index (Phi) is 4.30. The molecular formula is C17H21N3O7. The van der Waals surface area contributed by atoms with Crippen LogP contribution >= 0.6 is 0 Å². The van der Waals surface area contributed by atoms with Gasteiger partial charge < -0.3 is 29.6 Å². The maximum atomic E-state index is 12.7. The molecule has 2 N–H and O–H groups in total. The molecule has 3 heterocycles. The van der Waals surface area contributed by atoms with Crippen molar-refractivity contribution in [3.8, 4) is 0 Å². The molecule has 4 rings (SSSR count). The predicted molar refractivity (Wildman–Crippen MR) is 92.3 cm³/mol. The highest BCUT2D eigenvalue weighted by molar-refractivity contribution is 6.01. The van der Waals surface area contributed by atoms with Crippen molar-refractivity contribution in [2.45, 2.75) is 50.2 Å². The van der Waals surface area contributed by atoms with E-state index in [0.29, 0.717) is 12.3 Å². The number of nitro groups is 1. The molecule has 2 fully saturated rings. The van der Waals surface area contributed by atoms with Crippen molar-refractivity contribution in [3.63, 3.8) is 0 Å². The summed E-state index contributed by atoms with van der Waals surface area (Å²) >= 11 is 0. The van der Waals surface area contributed by atoms with E-state index in [-0.39, 0.29) is 23.4 Å². The van der Waals surface area contributed by atoms with Crippen molar-refractivity contribution in [1.82, 2.24) is 5.32 Å². The summed E-state index contributed by atoms with van der Waals surface area (Å²) in [7, 11) is 1.49. The minimum Gasteiger partial charge on any atom is -0.377 e. The zero-order chi connectivity index (χ0) is 19.3. The molecule has 0 bridgehead atoms. The van der Waals surface area contributed by atoms with Crippen LogP contribution in [0.25, 0.3) is 0 Å². The summed E-state index contributed by atoms with van der Waals surface area (Å²) in [5.41, 5.74) is 0.529. The highest BCUT2D eigenvalue weighted by atomic mass is 16.8. The molecule has 5 atom stereocenters. The fraction of sp³-hybridized carbons (Fsp3) is 0.588. The number of rotatable bonds is 2. The highest BCUT2D eigenvalue weighted by Gasteiger charge is 2.53. The maximum absolute atomic E-state index is 12.7. The van der Waals surface area contributed by atoms with E-state index in [1.807, 2.05) is 13.8 Å². The van der Waals surface area contributed by atoms with Crippen LogP contribution in [0.4, 0.5) is 11.4 Å². The Morgan fingerprint density at radius 3 is 2.78 bits per heavy atom. The third-order valence-corrected chi connectivity index (χ3v) is 5.04. The molecule has 1 aromatic carbocycles. The van der Waals surface area contributed by atoms with Crippen molar-refractivity contribution in [2.24, 2.45) is 0 Å². The summed E-state index contributed by atoms with van der Waals surface area (Å²) in [5.74, 6) is -1.24. The largest absolute Gasteiger partial charge is 0.377 e. The minimum absolute atomic E-state index is 0.156. The molecule has 0 unspecified atom stereocenters. The second-order valence-corrected chi connectivity index (χ2v) is 7.23. The number of benzene rings is 1. The average Bonchev–Trinajstić information content (AvgIpc) is 2.77. The van der Waals surface area contributed by atoms with Gasteiger partial charge in [-0.15, -0.1) is 0 Å². The fourth-order valence-corrected chi connectivity index (χ4v) is 3.77. The predicted octanol–water partition coefficient (Wildman–Crippen LogP) is 1.01. The normalized spacial score (nSPS) is 34.2. The van der Waals surface area contributed by atoms with Gasteiger partial charge in [-0.1, -0.05) is 0 Å². The van der Waals surface area contributed by atoms with Crippen molar-refractivity contribution >= 4 is 17.3 Å². The SMILES string of the molecule is CO[C@@H]1O[C@@H]2COC(C)(C)O[C@H]2[C@@H]2Nc3ccc([N+](=O)[O-])cc3C(=O)N[C@@H]12. The number of nitrogens with zero attached hydrogens (tertiary/aromatic N) is 1. The lowest BCUT2D eigenvalue weighted by molar-refractivity contribution is -0.384. The van der Waals surface area contributed by atoms with Gasteiger partial charge in [-0.2, -0.15) is 0 Å². The molecule has 10 heteroatoms. The van der Waals surface area contributed by atoms with E-state index in [0.717, 1.165) is 0 Å². The first kappa shape index (κ1) is 18.1. The van der Waals surface area contributed by atoms with E-state index in [1.54, 1.807) is 0 Å². The number of methoxy groups -OCH3 is 1. The zero-order valence-corrected chi connectivity index (χ0v) is 15.1. The fourth-order valence-electron chi connectivity index (χ4n) is 3.77. The van der Waals surface area contributed by atoms with E-state index in [2.05, 4.69) is 10.6 Å². The lowest BCUT2D eigenvalue weighted by Crippen LogP contribution is -2.69. The number of nitrogens with one attached hydrogen (secondary N) is 2. The standard InChI is InChI=1S/C17H21N3O7/c1-17(2)25-7-11-14(27-17)12-13(16(24-3)26-11)19-15(21)9-6-8(20(22)23)4-5-10(9)18-12/h4-6,11-14,16,18H,7H2,1-3H3,(H,19,21)/t11-,12-,13-,14-,16-/m1/s1. The van der Waals surface area contributed by atoms with Crippen molar-refractivity contribution < 1.29 is 28.7 Å². The van der Waals surface area contributed by atoms with E-state index in [4.69, 9.17) is 18.9 Å². The smallest absolute Gasteiger partial charge is 0.270 e. The Morgan fingerprint density at radius 1 is 1.30 bits per heavy atom. The van der Waals surface area contributed by atoms with Gasteiger partial charge in [0.2, 0.25) is 0 Å². The van der Waals surface area contributed by atoms with Gasteiger partial charge in [0.25, 0.3) is 11.6 Å². The van der Waals surface area contributed by atoms with Gasteiger partial charge >= 0.3 is 0 Å². The van der Waals surface area contributed by atoms with Crippen molar-refractivity contribution in [1.29, 1.82) is 0 Å². The summed E-state index contributed by atoms with van der Waals surface area (Å²) in [6, 6.07) is 3.22. The minimum atomic E-state index is -0.800. The van der Waals surface area contributed by atoms with Crippen LogP contribution in [0.15, 0.2) is 18.2 Å². The zero-order valence-electron chi connectivity index (χ0n) is 15.1. The lowest BCUT2D eigenvalue weighted by atomic mass is 9.92. The maximum Gasteiger partial charge on any atom is 0.270 e. The number of anilines is 1. The number of amides is 1. The van der Waals surface area contributed by atoms with Gasteiger partial charge in [-0.3, -0.25) is 14.9 Å². The van der Waals surface area contributed by atoms with Crippen LogP contribution in [0.5, 0.6) is 0 Å². The summed E-state index contributed by atoms with van der Waals surface area (Å²) in [4.78, 5) is 23.3. The first-order chi connectivity index (χ1) is 12.8. The topological polar surface area (TPSA) is 121 Å². The first-order valence-electron chi connectivity index (χ1n) is 8.65. The van der Waals surface area contributed by atoms with Crippen LogP contribution in [0.1, 0.15) is 24.2 Å². The monoisotopic (exact) mass is 379 g/mol. The molecule has 10 nitrogen and oxygen atoms in total. The van der Waals surface area contributed by atoms with E-state index >= 15 is 0 Å². The van der Waals surface area contributed by atoms with Gasteiger partial charge in [-0.05, 0) is 19.9 Å². The number of non-ortho nitro benzene ring substituents is 1. The molecule has 0 saturated carbocycles. The number of hydrogen-bond acceptors (Lipinski definition) is 8. The molecule has 0 aromatic heterocycles. The summed E-state index contributed by atoms with van der Waals surface area (Å²) < 4.78 is 23.1. The molecule has 0 aliphatic carbocycles. The van der Waals surface area contributed by atoms with E-state index in [9.17, 15) is 14.9 Å². The number of nitro benzene ring substituents is 1. The summed E-state index contributed by atoms with van der Waals surface area (Å²) in [6.45, 7) is 3.95. The van der Waals surface area contributed by atoms with Gasteiger partial charge in [0.15, 0.2) is 12.1 Å². The highest BCUT2D eigenvalue weighted by Crippen LogP contribution is 2.36. The van der Waals surface area contributed by atoms with Crippen molar-refractivity contribution in [2.75, 3.05) is 19.0 Å². The second kappa shape index (κ2) is 6.41. The second-order valence-electron chi connectivity index (χ2n) is 7.23. The quantitative estimate of drug-likeness (QED) is 0.577. The van der Waals surface area contributed by atoms with Crippen LogP contribution in [0, 0.1) is 10.1 Å². The molecule has 3 aliphatic rings. The Balaban J connectivity index is 1.73. The molecule has 0 spiro atoms. The Morgan fingerprint density at radius 2 is 2.07 bits per heavy atom. The first-order valence-corrected chi connectivity index (χ1v) is 8.65. The molecule has 146 valence electrons. The van der Waals surface area contributed by atoms with E-state index in [1.165, 1.54) is 25.3 Å². The van der Waals surface area contributed by atoms with Crippen LogP contribution in [0.3, 0.4) is 0 Å². The van der Waals surface area contributed by atoms with Gasteiger partial charge in [0.1, 0.15) is 18.2 Å². The molecule has 3 aliphatic heterocycles. The number of hydrogen-bond donors (Lipinski definition) is 2. The summed E-state index contributed by atoms with van der Waals surface area (Å²) in [6.07, 6.45) is -1.51. The lowest BCUT2D eigenvalue weighted by Gasteiger charge is -2.51. The number of carbonyl (C=O) groups excluding carboxylic acids is 1. The molecule has 0 radical (unpaired) electrons. The Bertz CT molecular complexity index is 784. The number of fused-ring (bicyclic) bond motifs is 4. The van der Waals surface area contributed by atoms with E-state index < -0.39 is 35.1 Å². The average molecular weight is 379 g/mol. The third kappa shape index (κ3) is 3.14. The molecule has 1 aromatic rings. The van der Waals surface area contributed by atoms with Crippen molar-refractivity contribution in [3.05, 3.63) is 33.9 Å². The summed E-state index contributed by atoms with van der Waals surface area (Å²) in [5, 5.41) is 17.3. The Hall–Kier alpha value is -2.27. The van der Waals surface area contributed by atoms with Crippen LogP contribution in [0.2, 0.25) is 0 Å². The Labute approximate surface area is 155 Å². The van der Waals surface area contributed by atoms with Gasteiger partial charge in [-0.25, -0.2) is 0 Å².